The minimum absolute atomic E-state index is 0.353. The molecule has 0 radical (unpaired) electrons. The number of aromatic nitrogens is 3. The van der Waals surface area contributed by atoms with Crippen molar-refractivity contribution in [1.82, 2.24) is 14.8 Å². The first-order chi connectivity index (χ1) is 15.4. The van der Waals surface area contributed by atoms with Crippen LogP contribution in [0.4, 0.5) is 0 Å². The van der Waals surface area contributed by atoms with Crippen molar-refractivity contribution < 1.29 is 9.21 Å². The Morgan fingerprint density at radius 1 is 1.12 bits per heavy atom. The van der Waals surface area contributed by atoms with E-state index >= 15 is 0 Å². The van der Waals surface area contributed by atoms with Gasteiger partial charge in [0.25, 0.3) is 0 Å². The molecule has 0 N–H and O–H groups in total. The highest BCUT2D eigenvalue weighted by atomic mass is 79.9. The molecule has 0 fully saturated rings. The number of hydrogen-bond donors (Lipinski definition) is 0. The van der Waals surface area contributed by atoms with Gasteiger partial charge in [0.05, 0.1) is 21.3 Å². The predicted molar refractivity (Wildman–Crippen MR) is 132 cm³/mol. The van der Waals surface area contributed by atoms with Crippen LogP contribution in [0.1, 0.15) is 15.9 Å². The van der Waals surface area contributed by atoms with E-state index in [2.05, 4.69) is 41.9 Å². The van der Waals surface area contributed by atoms with Crippen molar-refractivity contribution in [1.29, 1.82) is 0 Å². The summed E-state index contributed by atoms with van der Waals surface area (Å²) in [4.78, 5) is 28.8. The first kappa shape index (κ1) is 21.0. The Morgan fingerprint density at radius 2 is 1.91 bits per heavy atom. The molecule has 9 heteroatoms. The zero-order chi connectivity index (χ0) is 22.4. The van der Waals surface area contributed by atoms with Gasteiger partial charge in [-0.1, -0.05) is 45.8 Å². The molecule has 158 valence electrons. The average molecular weight is 571 g/mol. The van der Waals surface area contributed by atoms with E-state index in [9.17, 15) is 9.59 Å². The Hall–Kier alpha value is -2.88. The summed E-state index contributed by atoms with van der Waals surface area (Å²) in [6.45, 7) is 2.00. The summed E-state index contributed by atoms with van der Waals surface area (Å²) in [6.07, 6.45) is 2.42. The molecule has 0 amide bonds. The fourth-order valence-electron chi connectivity index (χ4n) is 3.34. The highest BCUT2D eigenvalue weighted by Crippen LogP contribution is 2.31. The molecule has 0 bridgehead atoms. The van der Waals surface area contributed by atoms with Gasteiger partial charge in [0.1, 0.15) is 5.69 Å². The lowest BCUT2D eigenvalue weighted by Crippen LogP contribution is -2.03. The zero-order valence-corrected chi connectivity index (χ0v) is 20.5. The van der Waals surface area contributed by atoms with Crippen molar-refractivity contribution in [3.8, 4) is 27.6 Å². The van der Waals surface area contributed by atoms with Gasteiger partial charge >= 0.3 is 5.63 Å². The van der Waals surface area contributed by atoms with E-state index in [1.807, 2.05) is 43.3 Å². The molecule has 0 atom stereocenters. The van der Waals surface area contributed by atoms with Gasteiger partial charge in [-0.05, 0) is 41.1 Å². The van der Waals surface area contributed by atoms with Crippen LogP contribution in [0.5, 0.6) is 0 Å². The van der Waals surface area contributed by atoms with Gasteiger partial charge in [-0.2, -0.15) is 5.10 Å². The maximum atomic E-state index is 12.6. The lowest BCUT2D eigenvalue weighted by molar-refractivity contribution is 0.112. The van der Waals surface area contributed by atoms with Crippen LogP contribution in [0, 0.1) is 6.92 Å². The van der Waals surface area contributed by atoms with Crippen LogP contribution < -0.4 is 5.63 Å². The molecule has 5 aromatic rings. The lowest BCUT2D eigenvalue weighted by Gasteiger charge is -2.03. The van der Waals surface area contributed by atoms with Crippen molar-refractivity contribution in [2.24, 2.45) is 0 Å². The highest BCUT2D eigenvalue weighted by Gasteiger charge is 2.17. The summed E-state index contributed by atoms with van der Waals surface area (Å²) in [7, 11) is 0. The van der Waals surface area contributed by atoms with Crippen LogP contribution in [-0.2, 0) is 0 Å². The maximum absolute atomic E-state index is 12.6. The van der Waals surface area contributed by atoms with Gasteiger partial charge in [-0.25, -0.2) is 14.5 Å². The Morgan fingerprint density at radius 3 is 2.66 bits per heavy atom. The molecule has 0 saturated heterocycles. The molecule has 2 aromatic carbocycles. The van der Waals surface area contributed by atoms with Crippen LogP contribution in [-0.4, -0.2) is 21.1 Å². The van der Waals surface area contributed by atoms with Crippen molar-refractivity contribution in [3.05, 3.63) is 84.5 Å². The second kappa shape index (κ2) is 8.23. The van der Waals surface area contributed by atoms with E-state index < -0.39 is 5.63 Å². The largest absolute Gasteiger partial charge is 0.421 e. The molecule has 0 aliphatic heterocycles. The first-order valence-electron chi connectivity index (χ1n) is 9.44. The topological polar surface area (TPSA) is 78.0 Å². The number of carbonyl (C=O) groups is 1. The Labute approximate surface area is 202 Å². The van der Waals surface area contributed by atoms with E-state index in [0.29, 0.717) is 37.7 Å². The van der Waals surface area contributed by atoms with Crippen molar-refractivity contribution in [2.45, 2.75) is 6.92 Å². The van der Waals surface area contributed by atoms with Crippen LogP contribution in [0.15, 0.2) is 72.2 Å². The second-order valence-electron chi connectivity index (χ2n) is 7.13. The number of nitrogens with zero attached hydrogens (tertiary/aromatic N) is 3. The molecule has 0 saturated carbocycles. The molecule has 32 heavy (non-hydrogen) atoms. The predicted octanol–water partition coefficient (Wildman–Crippen LogP) is 6.42. The lowest BCUT2D eigenvalue weighted by atomic mass is 10.1. The summed E-state index contributed by atoms with van der Waals surface area (Å²) in [5.74, 6) is 0. The summed E-state index contributed by atoms with van der Waals surface area (Å²) < 4.78 is 8.63. The number of aldehydes is 1. The third-order valence-corrected chi connectivity index (χ3v) is 6.79. The Bertz CT molecular complexity index is 1550. The van der Waals surface area contributed by atoms with Crippen LogP contribution in [0.2, 0.25) is 0 Å². The average Bonchev–Trinajstić information content (AvgIpc) is 3.41. The fraction of sp³-hybridized carbons (Fsp3) is 0.0435. The smallest absolute Gasteiger partial charge is 0.345 e. The first-order valence-corrected chi connectivity index (χ1v) is 11.9. The summed E-state index contributed by atoms with van der Waals surface area (Å²) in [5.41, 5.74) is 3.85. The standard InChI is InChI=1S/C23H13Br2N3O3S/c1-12-2-4-13(5-3-12)20-15(10-29)9-28(27-20)23-26-19(11-32-23)17-7-14-6-16(24)8-18(25)21(14)31-22(17)30/h2-11H,1H3. The van der Waals surface area contributed by atoms with E-state index in [0.717, 1.165) is 27.3 Å². The van der Waals surface area contributed by atoms with Crippen molar-refractivity contribution in [3.63, 3.8) is 0 Å². The van der Waals surface area contributed by atoms with E-state index in [1.54, 1.807) is 22.3 Å². The number of rotatable bonds is 4. The minimum atomic E-state index is -0.480. The molecule has 0 aliphatic carbocycles. The van der Waals surface area contributed by atoms with Gasteiger partial charge < -0.3 is 4.42 Å². The van der Waals surface area contributed by atoms with Crippen LogP contribution in [0.3, 0.4) is 0 Å². The Balaban J connectivity index is 1.57. The molecule has 0 unspecified atom stereocenters. The number of fused-ring (bicyclic) bond motifs is 1. The molecular formula is C23H13Br2N3O3S. The van der Waals surface area contributed by atoms with Crippen LogP contribution >= 0.6 is 43.2 Å². The molecule has 3 heterocycles. The number of aryl methyl sites for hydroxylation is 1. The van der Waals surface area contributed by atoms with Gasteiger partial charge in [0.2, 0.25) is 5.13 Å². The van der Waals surface area contributed by atoms with Gasteiger partial charge in [0, 0.05) is 27.0 Å². The highest BCUT2D eigenvalue weighted by molar-refractivity contribution is 9.11. The number of benzene rings is 2. The molecule has 0 spiro atoms. The SMILES string of the molecule is Cc1ccc(-c2nn(-c3nc(-c4cc5cc(Br)cc(Br)c5oc4=O)cs3)cc2C=O)cc1. The molecule has 3 aromatic heterocycles. The number of carbonyl (C=O) groups excluding carboxylic acids is 1. The van der Waals surface area contributed by atoms with Gasteiger partial charge in [-0.15, -0.1) is 11.3 Å². The third kappa shape index (κ3) is 3.76. The minimum Gasteiger partial charge on any atom is -0.421 e. The van der Waals surface area contributed by atoms with E-state index in [4.69, 9.17) is 4.42 Å². The van der Waals surface area contributed by atoms with Crippen molar-refractivity contribution in [2.75, 3.05) is 0 Å². The number of halogens is 2. The second-order valence-corrected chi connectivity index (χ2v) is 9.74. The van der Waals surface area contributed by atoms with E-state index in [-0.39, 0.29) is 0 Å². The van der Waals surface area contributed by atoms with Crippen LogP contribution in [0.25, 0.3) is 38.6 Å². The maximum Gasteiger partial charge on any atom is 0.345 e. The monoisotopic (exact) mass is 569 g/mol. The van der Waals surface area contributed by atoms with E-state index in [1.165, 1.54) is 11.3 Å². The summed E-state index contributed by atoms with van der Waals surface area (Å²) in [5, 5.41) is 7.65. The zero-order valence-electron chi connectivity index (χ0n) is 16.5. The molecule has 6 nitrogen and oxygen atoms in total. The third-order valence-electron chi connectivity index (χ3n) is 4.91. The number of hydrogen-bond acceptors (Lipinski definition) is 6. The van der Waals surface area contributed by atoms with Crippen molar-refractivity contribution >= 4 is 60.5 Å². The fourth-order valence-corrected chi connectivity index (χ4v) is 5.42. The molecular weight excluding hydrogens is 558 g/mol. The molecule has 0 aliphatic rings. The summed E-state index contributed by atoms with van der Waals surface area (Å²) in [6, 6.07) is 13.3. The van der Waals surface area contributed by atoms with Gasteiger partial charge in [0.15, 0.2) is 11.9 Å². The normalized spacial score (nSPS) is 11.2. The molecule has 5 rings (SSSR count). The Kier molecular flexibility index (Phi) is 5.40. The number of thiazole rings is 1. The summed E-state index contributed by atoms with van der Waals surface area (Å²) >= 11 is 8.20. The quantitative estimate of drug-likeness (QED) is 0.184. The van der Waals surface area contributed by atoms with Gasteiger partial charge in [-0.3, -0.25) is 4.79 Å².